The highest BCUT2D eigenvalue weighted by Crippen LogP contribution is 2.25. The summed E-state index contributed by atoms with van der Waals surface area (Å²) < 4.78 is 10.8. The second-order valence-corrected chi connectivity index (χ2v) is 9.51. The lowest BCUT2D eigenvalue weighted by Crippen LogP contribution is -2.51. The third kappa shape index (κ3) is 8.33. The number of alkyl carbamates (subject to hydrolysis) is 1. The first kappa shape index (κ1) is 23.5. The highest BCUT2D eigenvalue weighted by atomic mass is 16.6. The standard InChI is InChI=1S/C21H38N2O4/c1-7-12-21(5,6)14-27-19(25)23-17(20(2,3)4)18(24)26-13-15-10-8-9-11-16(15)22/h7,15-17H,1,8-14,22H2,2-6H3,(H,23,25). The first-order chi connectivity index (χ1) is 12.5. The van der Waals surface area contributed by atoms with Crippen molar-refractivity contribution in [2.24, 2.45) is 22.5 Å². The van der Waals surface area contributed by atoms with Gasteiger partial charge in [-0.25, -0.2) is 9.59 Å². The van der Waals surface area contributed by atoms with Crippen LogP contribution in [0, 0.1) is 16.7 Å². The average Bonchev–Trinajstić information content (AvgIpc) is 2.56. The molecule has 0 aromatic heterocycles. The molecule has 0 aromatic rings. The first-order valence-corrected chi connectivity index (χ1v) is 9.92. The summed E-state index contributed by atoms with van der Waals surface area (Å²) in [5.74, 6) is -0.252. The summed E-state index contributed by atoms with van der Waals surface area (Å²) in [6.07, 6.45) is 6.10. The number of hydrogen-bond acceptors (Lipinski definition) is 5. The Kier molecular flexibility index (Phi) is 8.79. The zero-order chi connectivity index (χ0) is 20.7. The molecular formula is C21H38N2O4. The second-order valence-electron chi connectivity index (χ2n) is 9.51. The molecule has 1 rings (SSSR count). The minimum atomic E-state index is -0.785. The van der Waals surface area contributed by atoms with Gasteiger partial charge in [-0.1, -0.05) is 53.5 Å². The number of carbonyl (C=O) groups excluding carboxylic acids is 2. The number of ether oxygens (including phenoxy) is 2. The van der Waals surface area contributed by atoms with Crippen LogP contribution in [0.2, 0.25) is 0 Å². The van der Waals surface area contributed by atoms with Gasteiger partial charge in [-0.05, 0) is 24.7 Å². The van der Waals surface area contributed by atoms with E-state index in [1.807, 2.05) is 34.6 Å². The van der Waals surface area contributed by atoms with Crippen LogP contribution in [0.25, 0.3) is 0 Å². The number of carbonyl (C=O) groups is 2. The molecule has 1 amide bonds. The minimum Gasteiger partial charge on any atom is -0.464 e. The molecule has 0 saturated heterocycles. The Labute approximate surface area is 164 Å². The van der Waals surface area contributed by atoms with Crippen LogP contribution in [0.1, 0.15) is 66.7 Å². The maximum absolute atomic E-state index is 12.6. The quantitative estimate of drug-likeness (QED) is 0.492. The molecule has 6 heteroatoms. The zero-order valence-corrected chi connectivity index (χ0v) is 17.7. The van der Waals surface area contributed by atoms with Gasteiger partial charge in [0.1, 0.15) is 6.04 Å². The molecule has 0 radical (unpaired) electrons. The van der Waals surface area contributed by atoms with Crippen LogP contribution in [0.5, 0.6) is 0 Å². The van der Waals surface area contributed by atoms with Crippen LogP contribution < -0.4 is 11.1 Å². The van der Waals surface area contributed by atoms with Crippen molar-refractivity contribution in [3.8, 4) is 0 Å². The number of nitrogens with two attached hydrogens (primary N) is 1. The van der Waals surface area contributed by atoms with Crippen molar-refractivity contribution in [3.63, 3.8) is 0 Å². The van der Waals surface area contributed by atoms with Gasteiger partial charge in [0, 0.05) is 17.4 Å². The summed E-state index contributed by atoms with van der Waals surface area (Å²) in [7, 11) is 0. The molecule has 27 heavy (non-hydrogen) atoms. The van der Waals surface area contributed by atoms with Gasteiger partial charge in [0.15, 0.2) is 0 Å². The van der Waals surface area contributed by atoms with Crippen molar-refractivity contribution in [2.45, 2.75) is 78.8 Å². The normalized spacial score (nSPS) is 21.9. The van der Waals surface area contributed by atoms with Crippen molar-refractivity contribution in [1.82, 2.24) is 5.32 Å². The van der Waals surface area contributed by atoms with E-state index >= 15 is 0 Å². The molecule has 1 saturated carbocycles. The zero-order valence-electron chi connectivity index (χ0n) is 17.7. The molecule has 0 spiro atoms. The molecule has 1 fully saturated rings. The SMILES string of the molecule is C=CCC(C)(C)COC(=O)NC(C(=O)OCC1CCCCC1N)C(C)(C)C. The summed E-state index contributed by atoms with van der Waals surface area (Å²) in [5, 5.41) is 2.68. The number of allylic oxidation sites excluding steroid dienone is 1. The van der Waals surface area contributed by atoms with Gasteiger partial charge in [-0.2, -0.15) is 0 Å². The van der Waals surface area contributed by atoms with Crippen LogP contribution >= 0.6 is 0 Å². The highest BCUT2D eigenvalue weighted by Gasteiger charge is 2.36. The van der Waals surface area contributed by atoms with Crippen LogP contribution in [-0.4, -0.2) is 37.4 Å². The van der Waals surface area contributed by atoms with Crippen LogP contribution in [-0.2, 0) is 14.3 Å². The van der Waals surface area contributed by atoms with Gasteiger partial charge in [-0.15, -0.1) is 6.58 Å². The third-order valence-corrected chi connectivity index (χ3v) is 5.06. The van der Waals surface area contributed by atoms with Crippen molar-refractivity contribution < 1.29 is 19.1 Å². The Bertz CT molecular complexity index is 511. The number of esters is 1. The van der Waals surface area contributed by atoms with Gasteiger partial charge < -0.3 is 20.5 Å². The molecular weight excluding hydrogens is 344 g/mol. The largest absolute Gasteiger partial charge is 0.464 e. The van der Waals surface area contributed by atoms with Crippen molar-refractivity contribution >= 4 is 12.1 Å². The molecule has 0 aliphatic heterocycles. The average molecular weight is 383 g/mol. The van der Waals surface area contributed by atoms with E-state index in [1.165, 1.54) is 0 Å². The molecule has 3 unspecified atom stereocenters. The van der Waals surface area contributed by atoms with Gasteiger partial charge in [0.2, 0.25) is 0 Å². The summed E-state index contributed by atoms with van der Waals surface area (Å²) >= 11 is 0. The molecule has 6 nitrogen and oxygen atoms in total. The number of amides is 1. The Morgan fingerprint density at radius 3 is 2.37 bits per heavy atom. The minimum absolute atomic E-state index is 0.0738. The fraction of sp³-hybridized carbons (Fsp3) is 0.810. The van der Waals surface area contributed by atoms with E-state index in [9.17, 15) is 9.59 Å². The van der Waals surface area contributed by atoms with Crippen molar-refractivity contribution in [2.75, 3.05) is 13.2 Å². The Hall–Kier alpha value is -1.56. The predicted octanol–water partition coefficient (Wildman–Crippen LogP) is 3.79. The van der Waals surface area contributed by atoms with Gasteiger partial charge >= 0.3 is 12.1 Å². The van der Waals surface area contributed by atoms with E-state index in [0.717, 1.165) is 32.1 Å². The maximum Gasteiger partial charge on any atom is 0.407 e. The molecule has 1 aliphatic rings. The van der Waals surface area contributed by atoms with Gasteiger partial charge in [0.05, 0.1) is 13.2 Å². The molecule has 3 atom stereocenters. The maximum atomic E-state index is 12.6. The van der Waals surface area contributed by atoms with Crippen LogP contribution in [0.15, 0.2) is 12.7 Å². The molecule has 1 aliphatic carbocycles. The monoisotopic (exact) mass is 382 g/mol. The summed E-state index contributed by atoms with van der Waals surface area (Å²) in [6.45, 7) is 13.9. The van der Waals surface area contributed by atoms with E-state index in [2.05, 4.69) is 11.9 Å². The van der Waals surface area contributed by atoms with Crippen molar-refractivity contribution in [1.29, 1.82) is 0 Å². The fourth-order valence-corrected chi connectivity index (χ4v) is 3.21. The number of nitrogens with one attached hydrogen (secondary N) is 1. The number of hydrogen-bond donors (Lipinski definition) is 2. The van der Waals surface area contributed by atoms with E-state index in [4.69, 9.17) is 15.2 Å². The summed E-state index contributed by atoms with van der Waals surface area (Å²) in [5.41, 5.74) is 5.43. The van der Waals surface area contributed by atoms with E-state index < -0.39 is 23.5 Å². The predicted molar refractivity (Wildman–Crippen MR) is 107 cm³/mol. The Morgan fingerprint density at radius 1 is 1.19 bits per heavy atom. The molecule has 156 valence electrons. The van der Waals surface area contributed by atoms with Gasteiger partial charge in [-0.3, -0.25) is 0 Å². The van der Waals surface area contributed by atoms with Crippen molar-refractivity contribution in [3.05, 3.63) is 12.7 Å². The summed E-state index contributed by atoms with van der Waals surface area (Å²) in [4.78, 5) is 24.9. The topological polar surface area (TPSA) is 90.6 Å². The number of rotatable bonds is 8. The molecule has 3 N–H and O–H groups in total. The molecule has 0 heterocycles. The van der Waals surface area contributed by atoms with E-state index in [1.54, 1.807) is 6.08 Å². The highest BCUT2D eigenvalue weighted by molar-refractivity contribution is 5.82. The summed E-state index contributed by atoms with van der Waals surface area (Å²) in [6, 6.07) is -0.711. The Morgan fingerprint density at radius 2 is 1.81 bits per heavy atom. The lowest BCUT2D eigenvalue weighted by atomic mass is 9.85. The first-order valence-electron chi connectivity index (χ1n) is 9.92. The van der Waals surface area contributed by atoms with Crippen LogP contribution in [0.4, 0.5) is 4.79 Å². The van der Waals surface area contributed by atoms with E-state index in [-0.39, 0.29) is 24.0 Å². The lowest BCUT2D eigenvalue weighted by molar-refractivity contribution is -0.150. The smallest absolute Gasteiger partial charge is 0.407 e. The lowest BCUT2D eigenvalue weighted by Gasteiger charge is -2.32. The fourth-order valence-electron chi connectivity index (χ4n) is 3.21. The Balaban J connectivity index is 2.60. The molecule has 0 aromatic carbocycles. The van der Waals surface area contributed by atoms with E-state index in [0.29, 0.717) is 6.61 Å². The van der Waals surface area contributed by atoms with Crippen LogP contribution in [0.3, 0.4) is 0 Å². The van der Waals surface area contributed by atoms with Gasteiger partial charge in [0.25, 0.3) is 0 Å². The molecule has 0 bridgehead atoms. The second kappa shape index (κ2) is 10.1. The third-order valence-electron chi connectivity index (χ3n) is 5.06.